The van der Waals surface area contributed by atoms with E-state index >= 15 is 0 Å². The van der Waals surface area contributed by atoms with Crippen LogP contribution in [0.15, 0.2) is 29.1 Å². The highest BCUT2D eigenvalue weighted by Gasteiger charge is 2.29. The van der Waals surface area contributed by atoms with E-state index in [1.807, 2.05) is 12.1 Å². The standard InChI is InChI=1S/C23H28N2O6/c1-24-12-20(27)25-16-8-6-13-10-19(29-3)22(30-4)23(31-5)21(13)14-7-9-18(28-2)17(26)11-15(14)16/h7,9-11,16,24H,6,8,12H2,1-5H3,(H,25,27)/t16-/m0/s1. The van der Waals surface area contributed by atoms with Gasteiger partial charge < -0.3 is 29.6 Å². The smallest absolute Gasteiger partial charge is 0.234 e. The third-order valence-corrected chi connectivity index (χ3v) is 5.39. The van der Waals surface area contributed by atoms with Gasteiger partial charge in [0.25, 0.3) is 0 Å². The lowest BCUT2D eigenvalue weighted by atomic mass is 9.95. The van der Waals surface area contributed by atoms with E-state index in [0.717, 1.165) is 16.7 Å². The minimum absolute atomic E-state index is 0.155. The normalized spacial score (nSPS) is 14.5. The van der Waals surface area contributed by atoms with Gasteiger partial charge in [-0.2, -0.15) is 0 Å². The molecule has 1 aliphatic carbocycles. The number of ether oxygens (including phenoxy) is 4. The molecule has 0 radical (unpaired) electrons. The van der Waals surface area contributed by atoms with Crippen molar-refractivity contribution >= 4 is 5.91 Å². The van der Waals surface area contributed by atoms with Gasteiger partial charge in [0.2, 0.25) is 17.1 Å². The molecule has 8 nitrogen and oxygen atoms in total. The summed E-state index contributed by atoms with van der Waals surface area (Å²) in [4.78, 5) is 25.1. The third kappa shape index (κ3) is 4.29. The Kier molecular flexibility index (Phi) is 7.02. The Balaban J connectivity index is 2.33. The number of fused-ring (bicyclic) bond motifs is 3. The molecule has 2 aromatic carbocycles. The maximum Gasteiger partial charge on any atom is 0.234 e. The minimum Gasteiger partial charge on any atom is -0.493 e. The second kappa shape index (κ2) is 9.70. The molecule has 0 saturated heterocycles. The summed E-state index contributed by atoms with van der Waals surface area (Å²) < 4.78 is 22.1. The van der Waals surface area contributed by atoms with E-state index < -0.39 is 0 Å². The largest absolute Gasteiger partial charge is 0.493 e. The topological polar surface area (TPSA) is 95.1 Å². The monoisotopic (exact) mass is 428 g/mol. The molecule has 0 saturated carbocycles. The van der Waals surface area contributed by atoms with Crippen LogP contribution in [0.5, 0.6) is 23.0 Å². The number of nitrogens with one attached hydrogen (secondary N) is 2. The van der Waals surface area contributed by atoms with Gasteiger partial charge in [0.1, 0.15) is 0 Å². The Hall–Kier alpha value is -3.26. The van der Waals surface area contributed by atoms with Crippen LogP contribution in [0.3, 0.4) is 0 Å². The second-order valence-corrected chi connectivity index (χ2v) is 7.15. The predicted molar refractivity (Wildman–Crippen MR) is 117 cm³/mol. The number of hydrogen-bond donors (Lipinski definition) is 2. The number of methoxy groups -OCH3 is 4. The highest BCUT2D eigenvalue weighted by Crippen LogP contribution is 2.50. The number of aryl methyl sites for hydroxylation is 1. The van der Waals surface area contributed by atoms with Gasteiger partial charge in [-0.25, -0.2) is 0 Å². The van der Waals surface area contributed by atoms with Crippen LogP contribution in [0.1, 0.15) is 23.6 Å². The first kappa shape index (κ1) is 22.4. The van der Waals surface area contributed by atoms with Crippen molar-refractivity contribution in [1.29, 1.82) is 0 Å². The molecule has 0 heterocycles. The lowest BCUT2D eigenvalue weighted by molar-refractivity contribution is -0.120. The number of amides is 1. The summed E-state index contributed by atoms with van der Waals surface area (Å²) in [5.41, 5.74) is 2.97. The van der Waals surface area contributed by atoms with Crippen LogP contribution in [-0.4, -0.2) is 47.9 Å². The molecule has 0 spiro atoms. The zero-order chi connectivity index (χ0) is 22.5. The SMILES string of the molecule is CNCC(=O)N[C@H]1CCc2cc(OC)c(OC)c(OC)c2-c2ccc(OC)c(=O)cc21. The van der Waals surface area contributed by atoms with Gasteiger partial charge in [-0.15, -0.1) is 0 Å². The molecule has 0 bridgehead atoms. The van der Waals surface area contributed by atoms with Crippen LogP contribution in [0.25, 0.3) is 11.1 Å². The van der Waals surface area contributed by atoms with Crippen LogP contribution < -0.4 is 35.0 Å². The number of carbonyl (C=O) groups is 1. The fourth-order valence-electron chi connectivity index (χ4n) is 4.02. The second-order valence-electron chi connectivity index (χ2n) is 7.15. The molecule has 1 atom stereocenters. The molecule has 166 valence electrons. The van der Waals surface area contributed by atoms with Crippen LogP contribution >= 0.6 is 0 Å². The third-order valence-electron chi connectivity index (χ3n) is 5.39. The summed E-state index contributed by atoms with van der Waals surface area (Å²) in [6.45, 7) is 0.177. The van der Waals surface area contributed by atoms with Gasteiger partial charge in [-0.1, -0.05) is 6.07 Å². The molecule has 2 N–H and O–H groups in total. The van der Waals surface area contributed by atoms with Crippen LogP contribution in [-0.2, 0) is 11.2 Å². The molecular weight excluding hydrogens is 400 g/mol. The maximum absolute atomic E-state index is 12.8. The van der Waals surface area contributed by atoms with Crippen molar-refractivity contribution in [2.45, 2.75) is 18.9 Å². The van der Waals surface area contributed by atoms with Gasteiger partial charge in [0.05, 0.1) is 41.0 Å². The van der Waals surface area contributed by atoms with Gasteiger partial charge in [0, 0.05) is 5.56 Å². The van der Waals surface area contributed by atoms with Gasteiger partial charge in [-0.05, 0) is 54.8 Å². The van der Waals surface area contributed by atoms with E-state index in [4.69, 9.17) is 18.9 Å². The van der Waals surface area contributed by atoms with Crippen molar-refractivity contribution in [3.8, 4) is 34.1 Å². The Bertz CT molecular complexity index is 1040. The maximum atomic E-state index is 12.8. The molecule has 1 aliphatic rings. The molecule has 3 rings (SSSR count). The first-order valence-corrected chi connectivity index (χ1v) is 9.97. The number of likely N-dealkylation sites (N-methyl/N-ethyl adjacent to an activating group) is 1. The Labute approximate surface area is 181 Å². The van der Waals surface area contributed by atoms with Crippen LogP contribution in [0, 0.1) is 0 Å². The van der Waals surface area contributed by atoms with Crippen molar-refractivity contribution in [2.24, 2.45) is 0 Å². The van der Waals surface area contributed by atoms with Crippen molar-refractivity contribution in [2.75, 3.05) is 42.0 Å². The van der Waals surface area contributed by atoms with Crippen LogP contribution in [0.4, 0.5) is 0 Å². The molecule has 8 heteroatoms. The van der Waals surface area contributed by atoms with E-state index in [0.29, 0.717) is 35.7 Å². The number of rotatable bonds is 7. The zero-order valence-electron chi connectivity index (χ0n) is 18.5. The molecule has 0 aliphatic heterocycles. The first-order valence-electron chi connectivity index (χ1n) is 9.97. The van der Waals surface area contributed by atoms with E-state index in [1.54, 1.807) is 34.4 Å². The Morgan fingerprint density at radius 1 is 1.00 bits per heavy atom. The first-order chi connectivity index (χ1) is 15.0. The summed E-state index contributed by atoms with van der Waals surface area (Å²) >= 11 is 0. The quantitative estimate of drug-likeness (QED) is 0.697. The number of hydrogen-bond acceptors (Lipinski definition) is 7. The Morgan fingerprint density at radius 3 is 2.32 bits per heavy atom. The summed E-state index contributed by atoms with van der Waals surface area (Å²) in [7, 11) is 7.85. The average Bonchev–Trinajstić information content (AvgIpc) is 3.01. The molecule has 2 aromatic rings. The summed E-state index contributed by atoms with van der Waals surface area (Å²) in [5.74, 6) is 1.60. The van der Waals surface area contributed by atoms with Gasteiger partial charge in [-0.3, -0.25) is 9.59 Å². The van der Waals surface area contributed by atoms with Crippen molar-refractivity contribution < 1.29 is 23.7 Å². The van der Waals surface area contributed by atoms with E-state index in [9.17, 15) is 9.59 Å². The molecular formula is C23H28N2O6. The predicted octanol–water partition coefficient (Wildman–Crippen LogP) is 2.07. The van der Waals surface area contributed by atoms with E-state index in [-0.39, 0.29) is 29.7 Å². The molecule has 31 heavy (non-hydrogen) atoms. The highest BCUT2D eigenvalue weighted by molar-refractivity contribution is 5.84. The Morgan fingerprint density at radius 2 is 1.71 bits per heavy atom. The van der Waals surface area contributed by atoms with Gasteiger partial charge in [0.15, 0.2) is 17.2 Å². The molecule has 0 unspecified atom stereocenters. The van der Waals surface area contributed by atoms with E-state index in [1.165, 1.54) is 13.2 Å². The lowest BCUT2D eigenvalue weighted by Crippen LogP contribution is -2.35. The summed E-state index contributed by atoms with van der Waals surface area (Å²) in [5, 5.41) is 5.89. The minimum atomic E-state index is -0.366. The van der Waals surface area contributed by atoms with E-state index in [2.05, 4.69) is 10.6 Å². The molecule has 0 aromatic heterocycles. The van der Waals surface area contributed by atoms with Crippen molar-refractivity contribution in [3.63, 3.8) is 0 Å². The number of benzene rings is 1. The molecule has 0 fully saturated rings. The zero-order valence-corrected chi connectivity index (χ0v) is 18.5. The highest BCUT2D eigenvalue weighted by atomic mass is 16.5. The average molecular weight is 428 g/mol. The molecule has 1 amide bonds. The number of carbonyl (C=O) groups excluding carboxylic acids is 1. The fraction of sp³-hybridized carbons (Fsp3) is 0.391. The summed E-state index contributed by atoms with van der Waals surface area (Å²) in [6.07, 6.45) is 1.24. The summed E-state index contributed by atoms with van der Waals surface area (Å²) in [6, 6.07) is 6.55. The fourth-order valence-corrected chi connectivity index (χ4v) is 4.02. The van der Waals surface area contributed by atoms with Crippen molar-refractivity contribution in [1.82, 2.24) is 10.6 Å². The van der Waals surface area contributed by atoms with Gasteiger partial charge >= 0.3 is 0 Å². The lowest BCUT2D eigenvalue weighted by Gasteiger charge is -2.20. The van der Waals surface area contributed by atoms with Crippen molar-refractivity contribution in [3.05, 3.63) is 45.6 Å². The van der Waals surface area contributed by atoms with Crippen LogP contribution in [0.2, 0.25) is 0 Å².